The Morgan fingerprint density at radius 3 is 2.24 bits per heavy atom. The number of primary amides is 1. The van der Waals surface area contributed by atoms with E-state index < -0.39 is 47.5 Å². The molecular formula is C20H20F3N3O3. The lowest BCUT2D eigenvalue weighted by atomic mass is 10.0. The van der Waals surface area contributed by atoms with E-state index in [0.717, 1.165) is 11.8 Å². The minimum Gasteiger partial charge on any atom is -0.441 e. The molecule has 29 heavy (non-hydrogen) atoms. The van der Waals surface area contributed by atoms with E-state index in [2.05, 4.69) is 4.90 Å². The maximum absolute atomic E-state index is 14.1. The molecule has 1 saturated heterocycles. The monoisotopic (exact) mass is 407 g/mol. The van der Waals surface area contributed by atoms with Crippen molar-refractivity contribution in [2.75, 3.05) is 31.1 Å². The number of amides is 2. The van der Waals surface area contributed by atoms with Crippen molar-refractivity contribution in [3.63, 3.8) is 0 Å². The number of nitrogens with zero attached hydrogens (tertiary/aromatic N) is 2. The molecule has 0 saturated carbocycles. The lowest BCUT2D eigenvalue weighted by Gasteiger charge is -2.36. The number of benzene rings is 2. The van der Waals surface area contributed by atoms with Gasteiger partial charge in [-0.2, -0.15) is 0 Å². The maximum atomic E-state index is 14.1. The highest BCUT2D eigenvalue weighted by Crippen LogP contribution is 2.28. The Kier molecular flexibility index (Phi) is 6.26. The number of rotatable bonds is 5. The van der Waals surface area contributed by atoms with Gasteiger partial charge >= 0.3 is 6.09 Å². The van der Waals surface area contributed by atoms with Gasteiger partial charge in [0.25, 0.3) is 0 Å². The molecule has 6 nitrogen and oxygen atoms in total. The first-order valence-corrected chi connectivity index (χ1v) is 9.04. The predicted octanol–water partition coefficient (Wildman–Crippen LogP) is 2.98. The van der Waals surface area contributed by atoms with Crippen molar-refractivity contribution >= 4 is 17.7 Å². The van der Waals surface area contributed by atoms with Gasteiger partial charge in [-0.1, -0.05) is 18.2 Å². The van der Waals surface area contributed by atoms with Crippen molar-refractivity contribution in [2.45, 2.75) is 12.5 Å². The average molecular weight is 407 g/mol. The summed E-state index contributed by atoms with van der Waals surface area (Å²) in [4.78, 5) is 27.5. The standard InChI is InChI=1S/C20H20F3N3O3/c21-15-7-6-14(18(22)19(15)23)16(29-20(24)28)12-17(27)26-10-8-25(9-11-26)13-4-2-1-3-5-13/h1-7,16H,8-12H2,(H2,24,28). The number of carbonyl (C=O) groups excluding carboxylic acids is 2. The van der Waals surface area contributed by atoms with Gasteiger partial charge in [-0.15, -0.1) is 0 Å². The van der Waals surface area contributed by atoms with Crippen LogP contribution in [-0.2, 0) is 9.53 Å². The van der Waals surface area contributed by atoms with Crippen LogP contribution >= 0.6 is 0 Å². The highest BCUT2D eigenvalue weighted by Gasteiger charge is 2.29. The predicted molar refractivity (Wildman–Crippen MR) is 99.6 cm³/mol. The minimum atomic E-state index is -1.70. The van der Waals surface area contributed by atoms with Crippen LogP contribution in [0.2, 0.25) is 0 Å². The summed E-state index contributed by atoms with van der Waals surface area (Å²) in [7, 11) is 0. The molecule has 3 rings (SSSR count). The Balaban J connectivity index is 1.68. The molecule has 9 heteroatoms. The third-order valence-corrected chi connectivity index (χ3v) is 4.78. The van der Waals surface area contributed by atoms with Crippen LogP contribution < -0.4 is 10.6 Å². The van der Waals surface area contributed by atoms with Crippen LogP contribution in [0.4, 0.5) is 23.7 Å². The number of anilines is 1. The molecule has 2 aromatic carbocycles. The largest absolute Gasteiger partial charge is 0.441 e. The van der Waals surface area contributed by atoms with Crippen LogP contribution in [0.5, 0.6) is 0 Å². The van der Waals surface area contributed by atoms with E-state index in [9.17, 15) is 22.8 Å². The summed E-state index contributed by atoms with van der Waals surface area (Å²) in [6, 6.07) is 11.3. The molecule has 1 heterocycles. The number of carbonyl (C=O) groups is 2. The first-order valence-electron chi connectivity index (χ1n) is 9.04. The fourth-order valence-corrected chi connectivity index (χ4v) is 3.29. The van der Waals surface area contributed by atoms with Crippen LogP contribution in [0.3, 0.4) is 0 Å². The smallest absolute Gasteiger partial charge is 0.405 e. The Hall–Kier alpha value is -3.23. The number of hydrogen-bond acceptors (Lipinski definition) is 4. The van der Waals surface area contributed by atoms with Gasteiger partial charge < -0.3 is 20.3 Å². The molecule has 2 aromatic rings. The molecule has 0 spiro atoms. The van der Waals surface area contributed by atoms with E-state index in [1.807, 2.05) is 30.3 Å². The van der Waals surface area contributed by atoms with E-state index in [1.54, 1.807) is 4.90 Å². The van der Waals surface area contributed by atoms with Crippen LogP contribution in [0.1, 0.15) is 18.1 Å². The summed E-state index contributed by atoms with van der Waals surface area (Å²) < 4.78 is 45.7. The van der Waals surface area contributed by atoms with Crippen molar-refractivity contribution < 1.29 is 27.5 Å². The highest BCUT2D eigenvalue weighted by atomic mass is 19.2. The Bertz CT molecular complexity index is 887. The van der Waals surface area contributed by atoms with Gasteiger partial charge in [0, 0.05) is 37.4 Å². The Labute approximate surface area is 165 Å². The molecule has 0 aromatic heterocycles. The third-order valence-electron chi connectivity index (χ3n) is 4.78. The second-order valence-electron chi connectivity index (χ2n) is 6.60. The number of ether oxygens (including phenoxy) is 1. The van der Waals surface area contributed by atoms with Crippen LogP contribution in [-0.4, -0.2) is 43.1 Å². The first kappa shape index (κ1) is 20.5. The molecule has 1 fully saturated rings. The molecular weight excluding hydrogens is 387 g/mol. The zero-order valence-electron chi connectivity index (χ0n) is 15.5. The van der Waals surface area contributed by atoms with Crippen molar-refractivity contribution in [2.24, 2.45) is 5.73 Å². The summed E-state index contributed by atoms with van der Waals surface area (Å²) in [6.45, 7) is 2.02. The summed E-state index contributed by atoms with van der Waals surface area (Å²) in [6.07, 6.45) is -3.14. The number of para-hydroxylation sites is 1. The summed E-state index contributed by atoms with van der Waals surface area (Å²) in [5, 5.41) is 0. The topological polar surface area (TPSA) is 75.9 Å². The van der Waals surface area contributed by atoms with E-state index in [4.69, 9.17) is 10.5 Å². The lowest BCUT2D eigenvalue weighted by molar-refractivity contribution is -0.133. The second kappa shape index (κ2) is 8.85. The van der Waals surface area contributed by atoms with E-state index >= 15 is 0 Å². The fourth-order valence-electron chi connectivity index (χ4n) is 3.29. The quantitative estimate of drug-likeness (QED) is 0.774. The van der Waals surface area contributed by atoms with Gasteiger partial charge in [-0.3, -0.25) is 4.79 Å². The molecule has 154 valence electrons. The van der Waals surface area contributed by atoms with E-state index in [-0.39, 0.29) is 0 Å². The van der Waals surface area contributed by atoms with Crippen molar-refractivity contribution in [1.82, 2.24) is 4.90 Å². The summed E-state index contributed by atoms with van der Waals surface area (Å²) in [5.41, 5.74) is 5.60. The normalized spacial score (nSPS) is 15.1. The van der Waals surface area contributed by atoms with Gasteiger partial charge in [0.2, 0.25) is 5.91 Å². The molecule has 2 amide bonds. The Morgan fingerprint density at radius 1 is 0.966 bits per heavy atom. The van der Waals surface area contributed by atoms with Crippen molar-refractivity contribution in [3.8, 4) is 0 Å². The number of hydrogen-bond donors (Lipinski definition) is 1. The van der Waals surface area contributed by atoms with Gasteiger partial charge in [0.15, 0.2) is 17.5 Å². The summed E-state index contributed by atoms with van der Waals surface area (Å²) >= 11 is 0. The van der Waals surface area contributed by atoms with E-state index in [0.29, 0.717) is 32.2 Å². The van der Waals surface area contributed by atoms with E-state index in [1.165, 1.54) is 0 Å². The average Bonchev–Trinajstić information content (AvgIpc) is 2.72. The van der Waals surface area contributed by atoms with Crippen LogP contribution in [0.15, 0.2) is 42.5 Å². The van der Waals surface area contributed by atoms with Crippen molar-refractivity contribution in [3.05, 3.63) is 65.5 Å². The van der Waals surface area contributed by atoms with Crippen LogP contribution in [0.25, 0.3) is 0 Å². The molecule has 1 unspecified atom stereocenters. The first-order chi connectivity index (χ1) is 13.9. The minimum absolute atomic E-state index is 0.409. The number of nitrogens with two attached hydrogens (primary N) is 1. The second-order valence-corrected chi connectivity index (χ2v) is 6.60. The summed E-state index contributed by atoms with van der Waals surface area (Å²) in [5.74, 6) is -5.01. The fraction of sp³-hybridized carbons (Fsp3) is 0.300. The highest BCUT2D eigenvalue weighted by molar-refractivity contribution is 5.78. The maximum Gasteiger partial charge on any atom is 0.405 e. The SMILES string of the molecule is NC(=O)OC(CC(=O)N1CCN(c2ccccc2)CC1)c1ccc(F)c(F)c1F. The van der Waals surface area contributed by atoms with Gasteiger partial charge in [-0.25, -0.2) is 18.0 Å². The molecule has 1 aliphatic heterocycles. The van der Waals surface area contributed by atoms with Crippen molar-refractivity contribution in [1.29, 1.82) is 0 Å². The molecule has 0 radical (unpaired) electrons. The third kappa shape index (κ3) is 4.79. The number of piperazine rings is 1. The zero-order chi connectivity index (χ0) is 21.0. The molecule has 2 N–H and O–H groups in total. The van der Waals surface area contributed by atoms with Crippen LogP contribution in [0, 0.1) is 17.5 Å². The molecule has 1 aliphatic rings. The molecule has 1 atom stereocenters. The number of halogens is 3. The molecule has 0 bridgehead atoms. The van der Waals surface area contributed by atoms with Gasteiger partial charge in [0.1, 0.15) is 6.10 Å². The molecule has 0 aliphatic carbocycles. The zero-order valence-corrected chi connectivity index (χ0v) is 15.5. The lowest BCUT2D eigenvalue weighted by Crippen LogP contribution is -2.49. The van der Waals surface area contributed by atoms with Gasteiger partial charge in [0.05, 0.1) is 6.42 Å². The Morgan fingerprint density at radius 2 is 1.62 bits per heavy atom. The van der Waals surface area contributed by atoms with Gasteiger partial charge in [-0.05, 0) is 24.3 Å².